The molecular formula is C18H26ClN3O3. The predicted octanol–water partition coefficient (Wildman–Crippen LogP) is 1.41. The van der Waals surface area contributed by atoms with E-state index in [1.165, 1.54) is 0 Å². The monoisotopic (exact) mass is 367 g/mol. The maximum atomic E-state index is 12.7. The lowest BCUT2D eigenvalue weighted by Crippen LogP contribution is -2.53. The number of rotatable bonds is 4. The van der Waals surface area contributed by atoms with Crippen LogP contribution in [0.4, 0.5) is 5.69 Å². The molecule has 7 heteroatoms. The van der Waals surface area contributed by atoms with Crippen LogP contribution in [0.5, 0.6) is 0 Å². The van der Waals surface area contributed by atoms with Crippen LogP contribution >= 0.6 is 12.4 Å². The Kier molecular flexibility index (Phi) is 7.23. The van der Waals surface area contributed by atoms with E-state index in [1.807, 2.05) is 31.2 Å². The zero-order valence-corrected chi connectivity index (χ0v) is 15.3. The highest BCUT2D eigenvalue weighted by Crippen LogP contribution is 2.21. The van der Waals surface area contributed by atoms with E-state index in [1.54, 1.807) is 4.90 Å². The molecule has 0 saturated carbocycles. The van der Waals surface area contributed by atoms with Crippen molar-refractivity contribution < 1.29 is 14.3 Å². The highest BCUT2D eigenvalue weighted by molar-refractivity contribution is 5.99. The molecule has 3 rings (SSSR count). The van der Waals surface area contributed by atoms with Crippen molar-refractivity contribution in [1.29, 1.82) is 0 Å². The minimum Gasteiger partial charge on any atom is -0.378 e. The molecule has 2 N–H and O–H groups in total. The fraction of sp³-hybridized carbons (Fsp3) is 0.556. The Balaban J connectivity index is 0.00000225. The Bertz CT molecular complexity index is 588. The van der Waals surface area contributed by atoms with Gasteiger partial charge in [-0.05, 0) is 31.9 Å². The van der Waals surface area contributed by atoms with E-state index in [-0.39, 0.29) is 30.3 Å². The van der Waals surface area contributed by atoms with Crippen LogP contribution in [0.15, 0.2) is 24.3 Å². The van der Waals surface area contributed by atoms with Crippen LogP contribution in [0, 0.1) is 6.92 Å². The number of benzene rings is 1. The van der Waals surface area contributed by atoms with Crippen molar-refractivity contribution >= 4 is 29.9 Å². The zero-order valence-electron chi connectivity index (χ0n) is 14.5. The average molecular weight is 368 g/mol. The molecule has 0 spiro atoms. The lowest BCUT2D eigenvalue weighted by Gasteiger charge is -2.33. The Labute approximate surface area is 154 Å². The summed E-state index contributed by atoms with van der Waals surface area (Å²) >= 11 is 0. The van der Waals surface area contributed by atoms with Crippen LogP contribution in [-0.4, -0.2) is 50.2 Å². The molecule has 0 aromatic heterocycles. The molecule has 2 aliphatic heterocycles. The van der Waals surface area contributed by atoms with Crippen LogP contribution in [0.1, 0.15) is 24.8 Å². The largest absolute Gasteiger partial charge is 0.378 e. The van der Waals surface area contributed by atoms with Crippen molar-refractivity contribution in [3.63, 3.8) is 0 Å². The van der Waals surface area contributed by atoms with Crippen molar-refractivity contribution in [2.75, 3.05) is 31.2 Å². The third kappa shape index (κ3) is 5.17. The smallest absolute Gasteiger partial charge is 0.249 e. The summed E-state index contributed by atoms with van der Waals surface area (Å²) in [5.74, 6) is -0.117. The van der Waals surface area contributed by atoms with E-state index < -0.39 is 6.04 Å². The molecule has 2 fully saturated rings. The second-order valence-electron chi connectivity index (χ2n) is 6.52. The number of anilines is 1. The third-order valence-electron chi connectivity index (χ3n) is 4.55. The molecule has 2 heterocycles. The van der Waals surface area contributed by atoms with Crippen LogP contribution in [-0.2, 0) is 14.3 Å². The first-order chi connectivity index (χ1) is 11.6. The number of piperidine rings is 1. The molecule has 138 valence electrons. The second kappa shape index (κ2) is 9.17. The van der Waals surface area contributed by atoms with Gasteiger partial charge < -0.3 is 20.3 Å². The van der Waals surface area contributed by atoms with Crippen LogP contribution in [0.3, 0.4) is 0 Å². The summed E-state index contributed by atoms with van der Waals surface area (Å²) in [6, 6.07) is 7.52. The molecule has 6 nitrogen and oxygen atoms in total. The average Bonchev–Trinajstić information content (AvgIpc) is 2.59. The van der Waals surface area contributed by atoms with Gasteiger partial charge in [0.2, 0.25) is 11.8 Å². The third-order valence-corrected chi connectivity index (χ3v) is 4.55. The van der Waals surface area contributed by atoms with E-state index in [4.69, 9.17) is 4.74 Å². The van der Waals surface area contributed by atoms with Crippen LogP contribution < -0.4 is 15.5 Å². The maximum Gasteiger partial charge on any atom is 0.249 e. The summed E-state index contributed by atoms with van der Waals surface area (Å²) in [5.41, 5.74) is 2.06. The van der Waals surface area contributed by atoms with Gasteiger partial charge in [0.1, 0.15) is 6.04 Å². The van der Waals surface area contributed by atoms with Gasteiger partial charge in [0.25, 0.3) is 0 Å². The number of carbonyl (C=O) groups is 2. The highest BCUT2D eigenvalue weighted by atomic mass is 35.5. The molecule has 2 atom stereocenters. The highest BCUT2D eigenvalue weighted by Gasteiger charge is 2.31. The lowest BCUT2D eigenvalue weighted by atomic mass is 10.0. The minimum absolute atomic E-state index is 0. The number of aryl methyl sites for hydroxylation is 1. The molecule has 25 heavy (non-hydrogen) atoms. The van der Waals surface area contributed by atoms with Gasteiger partial charge in [-0.2, -0.15) is 0 Å². The van der Waals surface area contributed by atoms with Gasteiger partial charge in [0.05, 0.1) is 13.2 Å². The standard InChI is InChI=1S/C18H25N3O3.ClH/c1-13-4-6-15(7-5-13)21-9-2-3-16(18(21)23)20-17(22)11-14-12-24-10-8-19-14;/h4-7,14,16,19H,2-3,8-12H2,1H3,(H,20,22);1H. The first-order valence-electron chi connectivity index (χ1n) is 8.62. The molecule has 0 bridgehead atoms. The number of ether oxygens (including phenoxy) is 1. The Morgan fingerprint density at radius 2 is 2.12 bits per heavy atom. The van der Waals surface area contributed by atoms with Crippen molar-refractivity contribution in [3.8, 4) is 0 Å². The SMILES string of the molecule is Cc1ccc(N2CCCC(NC(=O)CC3COCCN3)C2=O)cc1.Cl. The number of amides is 2. The topological polar surface area (TPSA) is 70.7 Å². The number of hydrogen-bond donors (Lipinski definition) is 2. The summed E-state index contributed by atoms with van der Waals surface area (Å²) in [5, 5.41) is 6.16. The van der Waals surface area contributed by atoms with E-state index >= 15 is 0 Å². The zero-order chi connectivity index (χ0) is 16.9. The van der Waals surface area contributed by atoms with Crippen molar-refractivity contribution in [2.45, 2.75) is 38.3 Å². The summed E-state index contributed by atoms with van der Waals surface area (Å²) in [6.07, 6.45) is 1.92. The van der Waals surface area contributed by atoms with E-state index in [2.05, 4.69) is 10.6 Å². The van der Waals surface area contributed by atoms with Gasteiger partial charge in [-0.15, -0.1) is 12.4 Å². The molecule has 1 aromatic rings. The van der Waals surface area contributed by atoms with Crippen molar-refractivity contribution in [2.24, 2.45) is 0 Å². The van der Waals surface area contributed by atoms with E-state index in [9.17, 15) is 9.59 Å². The van der Waals surface area contributed by atoms with E-state index in [0.717, 1.165) is 24.2 Å². The fourth-order valence-corrected chi connectivity index (χ4v) is 3.22. The number of hydrogen-bond acceptors (Lipinski definition) is 4. The van der Waals surface area contributed by atoms with Gasteiger partial charge in [-0.3, -0.25) is 9.59 Å². The first-order valence-corrected chi connectivity index (χ1v) is 8.62. The minimum atomic E-state index is -0.433. The number of halogens is 1. The predicted molar refractivity (Wildman–Crippen MR) is 99.2 cm³/mol. The summed E-state index contributed by atoms with van der Waals surface area (Å²) in [6.45, 7) is 4.72. The Morgan fingerprint density at radius 3 is 2.80 bits per heavy atom. The van der Waals surface area contributed by atoms with E-state index in [0.29, 0.717) is 32.6 Å². The van der Waals surface area contributed by atoms with Gasteiger partial charge in [0.15, 0.2) is 0 Å². The van der Waals surface area contributed by atoms with Crippen LogP contribution in [0.2, 0.25) is 0 Å². The normalized spacial score (nSPS) is 23.7. The molecule has 0 radical (unpaired) electrons. The summed E-state index contributed by atoms with van der Waals surface area (Å²) in [4.78, 5) is 26.7. The van der Waals surface area contributed by atoms with Crippen molar-refractivity contribution in [1.82, 2.24) is 10.6 Å². The van der Waals surface area contributed by atoms with Crippen molar-refractivity contribution in [3.05, 3.63) is 29.8 Å². The Hall–Kier alpha value is -1.63. The summed E-state index contributed by atoms with van der Waals surface area (Å²) in [7, 11) is 0. The molecule has 1 aromatic carbocycles. The number of carbonyl (C=O) groups excluding carboxylic acids is 2. The number of morpholine rings is 1. The number of nitrogens with one attached hydrogen (secondary N) is 2. The first kappa shape index (κ1) is 19.7. The lowest BCUT2D eigenvalue weighted by molar-refractivity contribution is -0.129. The van der Waals surface area contributed by atoms with Gasteiger partial charge in [0, 0.05) is 31.2 Å². The maximum absolute atomic E-state index is 12.7. The fourth-order valence-electron chi connectivity index (χ4n) is 3.22. The van der Waals surface area contributed by atoms with Gasteiger partial charge in [-0.25, -0.2) is 0 Å². The molecule has 2 amide bonds. The molecule has 2 unspecified atom stereocenters. The molecular weight excluding hydrogens is 342 g/mol. The quantitative estimate of drug-likeness (QED) is 0.844. The van der Waals surface area contributed by atoms with Gasteiger partial charge >= 0.3 is 0 Å². The second-order valence-corrected chi connectivity index (χ2v) is 6.52. The molecule has 2 saturated heterocycles. The van der Waals surface area contributed by atoms with Crippen LogP contribution in [0.25, 0.3) is 0 Å². The Morgan fingerprint density at radius 1 is 1.36 bits per heavy atom. The number of nitrogens with zero attached hydrogens (tertiary/aromatic N) is 1. The summed E-state index contributed by atoms with van der Waals surface area (Å²) < 4.78 is 5.36. The van der Waals surface area contributed by atoms with Gasteiger partial charge in [-0.1, -0.05) is 17.7 Å². The molecule has 0 aliphatic carbocycles. The molecule has 2 aliphatic rings.